The third-order valence-corrected chi connectivity index (χ3v) is 6.11. The first-order valence-corrected chi connectivity index (χ1v) is 12.4. The van der Waals surface area contributed by atoms with Crippen LogP contribution in [0.4, 0.5) is 0 Å². The Hall–Kier alpha value is -4.11. The van der Waals surface area contributed by atoms with Crippen LogP contribution < -0.4 is 14.9 Å². The molecule has 0 aliphatic heterocycles. The largest absolute Gasteiger partial charge is 0.493 e. The summed E-state index contributed by atoms with van der Waals surface area (Å²) >= 11 is 1.30. The number of methoxy groups -OCH3 is 1. The zero-order chi connectivity index (χ0) is 25.3. The van der Waals surface area contributed by atoms with Gasteiger partial charge < -0.3 is 9.47 Å². The first-order valence-electron chi connectivity index (χ1n) is 11.4. The Balaban J connectivity index is 1.45. The van der Waals surface area contributed by atoms with E-state index in [1.807, 2.05) is 85.1 Å². The molecule has 1 aromatic heterocycles. The molecule has 4 rings (SSSR count). The van der Waals surface area contributed by atoms with Crippen LogP contribution >= 0.6 is 11.8 Å². The van der Waals surface area contributed by atoms with E-state index in [1.165, 1.54) is 11.8 Å². The fourth-order valence-electron chi connectivity index (χ4n) is 3.44. The normalized spacial score (nSPS) is 11.0. The van der Waals surface area contributed by atoms with Crippen LogP contribution in [0.5, 0.6) is 11.5 Å². The number of aromatic nitrogens is 3. The van der Waals surface area contributed by atoms with E-state index in [1.54, 1.807) is 19.4 Å². The number of amides is 1. The number of hydrogen-bond acceptors (Lipinski definition) is 7. The molecule has 0 radical (unpaired) electrons. The molecule has 8 nitrogen and oxygen atoms in total. The van der Waals surface area contributed by atoms with Gasteiger partial charge >= 0.3 is 0 Å². The molecule has 1 amide bonds. The molecule has 0 atom stereocenters. The fraction of sp³-hybridized carbons (Fsp3) is 0.185. The number of hydrogen-bond donors (Lipinski definition) is 1. The second-order valence-electron chi connectivity index (χ2n) is 7.77. The molecule has 36 heavy (non-hydrogen) atoms. The van der Waals surface area contributed by atoms with E-state index < -0.39 is 0 Å². The predicted molar refractivity (Wildman–Crippen MR) is 142 cm³/mol. The highest BCUT2D eigenvalue weighted by Gasteiger charge is 2.17. The van der Waals surface area contributed by atoms with Gasteiger partial charge in [0.15, 0.2) is 22.5 Å². The average Bonchev–Trinajstić information content (AvgIpc) is 3.33. The van der Waals surface area contributed by atoms with Crippen LogP contribution in [0.25, 0.3) is 17.1 Å². The van der Waals surface area contributed by atoms with Gasteiger partial charge in [-0.15, -0.1) is 10.2 Å². The van der Waals surface area contributed by atoms with Crippen molar-refractivity contribution in [1.29, 1.82) is 0 Å². The molecule has 1 heterocycles. The van der Waals surface area contributed by atoms with Crippen LogP contribution in [0.3, 0.4) is 0 Å². The van der Waals surface area contributed by atoms with Crippen LogP contribution in [-0.2, 0) is 4.79 Å². The fourth-order valence-corrected chi connectivity index (χ4v) is 4.19. The van der Waals surface area contributed by atoms with E-state index >= 15 is 0 Å². The van der Waals surface area contributed by atoms with Crippen molar-refractivity contribution in [1.82, 2.24) is 20.2 Å². The minimum atomic E-state index is -0.256. The van der Waals surface area contributed by atoms with Crippen molar-refractivity contribution in [2.45, 2.75) is 19.0 Å². The summed E-state index contributed by atoms with van der Waals surface area (Å²) in [6, 6.07) is 23.4. The molecule has 0 bridgehead atoms. The molecular weight excluding hydrogens is 474 g/mol. The van der Waals surface area contributed by atoms with Crippen LogP contribution in [0.15, 0.2) is 83.1 Å². The quantitative estimate of drug-likeness (QED) is 0.189. The maximum Gasteiger partial charge on any atom is 0.250 e. The minimum absolute atomic E-state index is 0.128. The zero-order valence-electron chi connectivity index (χ0n) is 20.3. The standard InChI is InChI=1S/C27H27N5O3S/c1-4-35-23-15-12-20(16-24(23)34-3)17-28-29-25(33)18-36-27-31-30-26(21-8-6-5-7-9-21)32(27)22-13-10-19(2)11-14-22/h5-17H,4,18H2,1-3H3,(H,29,33)/b28-17-. The van der Waals surface area contributed by atoms with Gasteiger partial charge in [-0.3, -0.25) is 9.36 Å². The number of ether oxygens (including phenoxy) is 2. The number of aryl methyl sites for hydroxylation is 1. The summed E-state index contributed by atoms with van der Waals surface area (Å²) in [4.78, 5) is 12.5. The summed E-state index contributed by atoms with van der Waals surface area (Å²) in [5.41, 5.74) is 6.36. The molecule has 9 heteroatoms. The third kappa shape index (κ3) is 6.11. The molecule has 0 aliphatic carbocycles. The first-order chi connectivity index (χ1) is 17.6. The van der Waals surface area contributed by atoms with E-state index in [4.69, 9.17) is 9.47 Å². The first kappa shape index (κ1) is 25.0. The number of carbonyl (C=O) groups excluding carboxylic acids is 1. The SMILES string of the molecule is CCOc1ccc(/C=N\NC(=O)CSc2nnc(-c3ccccc3)n2-c2ccc(C)cc2)cc1OC. The highest BCUT2D eigenvalue weighted by molar-refractivity contribution is 7.99. The summed E-state index contributed by atoms with van der Waals surface area (Å²) in [7, 11) is 1.58. The van der Waals surface area contributed by atoms with Crippen molar-refractivity contribution in [3.05, 3.63) is 83.9 Å². The Morgan fingerprint density at radius 1 is 1.06 bits per heavy atom. The molecule has 0 spiro atoms. The summed E-state index contributed by atoms with van der Waals surface area (Å²) in [6.45, 7) is 4.49. The van der Waals surface area contributed by atoms with Crippen molar-refractivity contribution >= 4 is 23.9 Å². The molecule has 0 saturated carbocycles. The smallest absolute Gasteiger partial charge is 0.250 e. The van der Waals surface area contributed by atoms with Gasteiger partial charge in [0.2, 0.25) is 0 Å². The lowest BCUT2D eigenvalue weighted by Crippen LogP contribution is -2.20. The number of benzene rings is 3. The molecule has 0 fully saturated rings. The Kier molecular flexibility index (Phi) is 8.36. The monoisotopic (exact) mass is 501 g/mol. The molecule has 3 aromatic carbocycles. The van der Waals surface area contributed by atoms with E-state index in [0.29, 0.717) is 29.1 Å². The number of carbonyl (C=O) groups is 1. The van der Waals surface area contributed by atoms with Gasteiger partial charge in [0.05, 0.1) is 25.7 Å². The molecular formula is C27H27N5O3S. The summed E-state index contributed by atoms with van der Waals surface area (Å²) in [5, 5.41) is 13.5. The topological polar surface area (TPSA) is 90.6 Å². The van der Waals surface area contributed by atoms with Crippen molar-refractivity contribution < 1.29 is 14.3 Å². The van der Waals surface area contributed by atoms with Gasteiger partial charge in [-0.05, 0) is 49.7 Å². The van der Waals surface area contributed by atoms with Gasteiger partial charge in [-0.2, -0.15) is 5.10 Å². The van der Waals surface area contributed by atoms with Gasteiger partial charge in [0.25, 0.3) is 5.91 Å². The van der Waals surface area contributed by atoms with Gasteiger partial charge in [-0.1, -0.05) is 59.8 Å². The Labute approximate surface area is 214 Å². The number of rotatable bonds is 10. The maximum atomic E-state index is 12.5. The Morgan fingerprint density at radius 2 is 1.83 bits per heavy atom. The van der Waals surface area contributed by atoms with Gasteiger partial charge in [0.1, 0.15) is 0 Å². The lowest BCUT2D eigenvalue weighted by atomic mass is 10.2. The van der Waals surface area contributed by atoms with Crippen molar-refractivity contribution in [3.63, 3.8) is 0 Å². The highest BCUT2D eigenvalue weighted by atomic mass is 32.2. The van der Waals surface area contributed by atoms with E-state index in [0.717, 1.165) is 22.4 Å². The Morgan fingerprint density at radius 3 is 2.56 bits per heavy atom. The van der Waals surface area contributed by atoms with Gasteiger partial charge in [0, 0.05) is 11.3 Å². The van der Waals surface area contributed by atoms with Crippen molar-refractivity contribution in [3.8, 4) is 28.6 Å². The number of thioether (sulfide) groups is 1. The average molecular weight is 502 g/mol. The van der Waals surface area contributed by atoms with Crippen molar-refractivity contribution in [2.24, 2.45) is 5.10 Å². The predicted octanol–water partition coefficient (Wildman–Crippen LogP) is 4.89. The van der Waals surface area contributed by atoms with E-state index in [-0.39, 0.29) is 11.7 Å². The van der Waals surface area contributed by atoms with Gasteiger partial charge in [-0.25, -0.2) is 5.43 Å². The molecule has 0 aliphatic rings. The second kappa shape index (κ2) is 12.0. The van der Waals surface area contributed by atoms with E-state index in [2.05, 4.69) is 20.7 Å². The number of hydrazone groups is 1. The Bertz CT molecular complexity index is 1340. The third-order valence-electron chi connectivity index (χ3n) is 5.18. The summed E-state index contributed by atoms with van der Waals surface area (Å²) in [6.07, 6.45) is 1.56. The summed E-state index contributed by atoms with van der Waals surface area (Å²) in [5.74, 6) is 1.85. The summed E-state index contributed by atoms with van der Waals surface area (Å²) < 4.78 is 12.8. The van der Waals surface area contributed by atoms with E-state index in [9.17, 15) is 4.79 Å². The molecule has 1 N–H and O–H groups in total. The van der Waals surface area contributed by atoms with Crippen molar-refractivity contribution in [2.75, 3.05) is 19.5 Å². The lowest BCUT2D eigenvalue weighted by molar-refractivity contribution is -0.118. The minimum Gasteiger partial charge on any atom is -0.493 e. The number of nitrogens with one attached hydrogen (secondary N) is 1. The molecule has 4 aromatic rings. The zero-order valence-corrected chi connectivity index (χ0v) is 21.2. The molecule has 0 saturated heterocycles. The maximum absolute atomic E-state index is 12.5. The van der Waals surface area contributed by atoms with Crippen LogP contribution in [-0.4, -0.2) is 46.4 Å². The second-order valence-corrected chi connectivity index (χ2v) is 8.71. The van der Waals surface area contributed by atoms with Crippen LogP contribution in [0, 0.1) is 6.92 Å². The van der Waals surface area contributed by atoms with Crippen LogP contribution in [0.2, 0.25) is 0 Å². The molecule has 184 valence electrons. The highest BCUT2D eigenvalue weighted by Crippen LogP contribution is 2.29. The number of nitrogens with zero attached hydrogens (tertiary/aromatic N) is 4. The lowest BCUT2D eigenvalue weighted by Gasteiger charge is -2.10. The van der Waals surface area contributed by atoms with Crippen LogP contribution in [0.1, 0.15) is 18.1 Å². The molecule has 0 unspecified atom stereocenters.